The predicted octanol–water partition coefficient (Wildman–Crippen LogP) is 2.45. The van der Waals surface area contributed by atoms with Gasteiger partial charge in [0.1, 0.15) is 30.5 Å². The van der Waals surface area contributed by atoms with Crippen LogP contribution in [0.4, 0.5) is 13.2 Å². The number of nitrogens with two attached hydrogens (primary N) is 4. The number of benzene rings is 2. The molecular weight excluding hydrogens is 677 g/mol. The van der Waals surface area contributed by atoms with Crippen molar-refractivity contribution in [2.45, 2.75) is 63.0 Å². The number of hydrogen-bond acceptors (Lipinski definition) is 8. The molecule has 1 aromatic heterocycles. The van der Waals surface area contributed by atoms with E-state index in [1.54, 1.807) is 29.6 Å². The Morgan fingerprint density at radius 3 is 2.14 bits per heavy atom. The summed E-state index contributed by atoms with van der Waals surface area (Å²) in [6, 6.07) is 10.4. The molecule has 0 spiro atoms. The van der Waals surface area contributed by atoms with Gasteiger partial charge in [-0.1, -0.05) is 30.3 Å². The van der Waals surface area contributed by atoms with Crippen molar-refractivity contribution in [3.05, 3.63) is 87.6 Å². The van der Waals surface area contributed by atoms with Gasteiger partial charge in [-0.3, -0.25) is 24.2 Å². The molecule has 13 nitrogen and oxygen atoms in total. The Kier molecular flexibility index (Phi) is 15.0. The number of alkyl halides is 3. The highest BCUT2D eigenvalue weighted by atomic mass is 32.1. The fourth-order valence-corrected chi connectivity index (χ4v) is 5.37. The maximum atomic E-state index is 13.6. The number of amides is 4. The second kappa shape index (κ2) is 19.1. The number of carbonyl (C=O) groups excluding carboxylic acids is 4. The second-order valence-electron chi connectivity index (χ2n) is 11.2. The molecule has 0 aliphatic heterocycles. The Morgan fingerprint density at radius 1 is 0.840 bits per heavy atom. The highest BCUT2D eigenvalue weighted by Crippen LogP contribution is 2.29. The van der Waals surface area contributed by atoms with E-state index in [1.165, 1.54) is 35.6 Å². The highest BCUT2D eigenvalue weighted by Gasteiger charge is 2.31. The van der Waals surface area contributed by atoms with Gasteiger partial charge in [-0.25, -0.2) is 0 Å². The van der Waals surface area contributed by atoms with Crippen LogP contribution < -0.4 is 43.6 Å². The van der Waals surface area contributed by atoms with Crippen molar-refractivity contribution in [2.24, 2.45) is 27.9 Å². The van der Waals surface area contributed by atoms with Gasteiger partial charge in [0.25, 0.3) is 5.91 Å². The molecule has 1 unspecified atom stereocenters. The molecule has 11 N–H and O–H groups in total. The normalized spacial score (nSPS) is 13.0. The number of primary amides is 1. The standard InChI is InChI=1S/C33H41F3N8O5S/c34-33(35,36)22-13-11-20(12-14-22)19-49-23-7-3-6-21(18-23)27(28(38)45)44-30(47)24(8-1-2-15-37)42-29(46)25(9-4-16-41-32(39)40)43-31(48)26-10-5-17-50-26/h3,5-7,10-14,17-18,24-25,27H,1-2,4,8-9,15-16,19,37H2,(H2,38,45)(H,42,46)(H,43,48)(H,44,47)(H4,39,40,41)/t24-,25-,27?/m0/s1. The summed E-state index contributed by atoms with van der Waals surface area (Å²) in [4.78, 5) is 56.9. The van der Waals surface area contributed by atoms with Gasteiger partial charge in [-0.05, 0) is 85.5 Å². The van der Waals surface area contributed by atoms with Crippen molar-refractivity contribution < 1.29 is 37.1 Å². The van der Waals surface area contributed by atoms with Gasteiger partial charge < -0.3 is 43.6 Å². The van der Waals surface area contributed by atoms with Crippen LogP contribution in [0.15, 0.2) is 71.0 Å². The number of halogens is 3. The van der Waals surface area contributed by atoms with E-state index in [2.05, 4.69) is 20.9 Å². The quantitative estimate of drug-likeness (QED) is 0.0552. The first-order chi connectivity index (χ1) is 23.8. The Morgan fingerprint density at radius 2 is 1.52 bits per heavy atom. The van der Waals surface area contributed by atoms with E-state index in [1.807, 2.05) is 0 Å². The van der Waals surface area contributed by atoms with Gasteiger partial charge in [-0.2, -0.15) is 13.2 Å². The van der Waals surface area contributed by atoms with Crippen LogP contribution in [0.25, 0.3) is 0 Å². The van der Waals surface area contributed by atoms with Gasteiger partial charge in [-0.15, -0.1) is 11.3 Å². The van der Waals surface area contributed by atoms with Crippen LogP contribution in [0.2, 0.25) is 0 Å². The van der Waals surface area contributed by atoms with E-state index in [0.717, 1.165) is 12.1 Å². The number of aliphatic imine (C=N–C) groups is 1. The van der Waals surface area contributed by atoms with Gasteiger partial charge in [0.05, 0.1) is 10.4 Å². The first-order valence-electron chi connectivity index (χ1n) is 15.7. The molecule has 2 aromatic carbocycles. The zero-order chi connectivity index (χ0) is 36.7. The molecule has 4 amide bonds. The summed E-state index contributed by atoms with van der Waals surface area (Å²) >= 11 is 1.20. The number of nitrogens with one attached hydrogen (secondary N) is 3. The van der Waals surface area contributed by atoms with Gasteiger partial charge in [0.15, 0.2) is 5.96 Å². The van der Waals surface area contributed by atoms with Gasteiger partial charge >= 0.3 is 6.18 Å². The van der Waals surface area contributed by atoms with E-state index in [0.29, 0.717) is 36.2 Å². The fourth-order valence-electron chi connectivity index (χ4n) is 4.75. The first kappa shape index (κ1) is 39.3. The maximum absolute atomic E-state index is 13.6. The fraction of sp³-hybridized carbons (Fsp3) is 0.364. The zero-order valence-corrected chi connectivity index (χ0v) is 27.9. The third kappa shape index (κ3) is 12.7. The van der Waals surface area contributed by atoms with E-state index in [4.69, 9.17) is 27.7 Å². The summed E-state index contributed by atoms with van der Waals surface area (Å²) in [5, 5.41) is 9.72. The molecule has 0 bridgehead atoms. The molecule has 270 valence electrons. The molecule has 0 saturated heterocycles. The van der Waals surface area contributed by atoms with E-state index < -0.39 is 53.5 Å². The lowest BCUT2D eigenvalue weighted by molar-refractivity contribution is -0.137. The molecule has 0 fully saturated rings. The molecule has 0 saturated carbocycles. The Labute approximate surface area is 291 Å². The van der Waals surface area contributed by atoms with Crippen LogP contribution in [0, 0.1) is 0 Å². The average molecular weight is 719 g/mol. The Bertz CT molecular complexity index is 1600. The Balaban J connectivity index is 1.74. The summed E-state index contributed by atoms with van der Waals surface area (Å²) in [7, 11) is 0. The van der Waals surface area contributed by atoms with Crippen LogP contribution >= 0.6 is 11.3 Å². The number of guanidine groups is 1. The maximum Gasteiger partial charge on any atom is 0.416 e. The van der Waals surface area contributed by atoms with Crippen LogP contribution in [-0.4, -0.2) is 54.8 Å². The number of nitrogens with zero attached hydrogens (tertiary/aromatic N) is 1. The molecule has 17 heteroatoms. The first-order valence-corrected chi connectivity index (χ1v) is 16.5. The van der Waals surface area contributed by atoms with Crippen molar-refractivity contribution in [1.82, 2.24) is 16.0 Å². The zero-order valence-electron chi connectivity index (χ0n) is 27.1. The number of rotatable bonds is 19. The number of ether oxygens (including phenoxy) is 1. The molecule has 0 aliphatic carbocycles. The summed E-state index contributed by atoms with van der Waals surface area (Å²) in [5.41, 5.74) is 22.1. The monoisotopic (exact) mass is 718 g/mol. The summed E-state index contributed by atoms with van der Waals surface area (Å²) in [6.07, 6.45) is -2.80. The van der Waals surface area contributed by atoms with Crippen molar-refractivity contribution in [2.75, 3.05) is 13.1 Å². The minimum atomic E-state index is -4.47. The molecular formula is C33H41F3N8O5S. The van der Waals surface area contributed by atoms with Crippen molar-refractivity contribution in [3.63, 3.8) is 0 Å². The number of unbranched alkanes of at least 4 members (excludes halogenated alkanes) is 1. The molecule has 3 aromatic rings. The third-order valence-electron chi connectivity index (χ3n) is 7.34. The van der Waals surface area contributed by atoms with Crippen molar-refractivity contribution in [3.8, 4) is 5.75 Å². The smallest absolute Gasteiger partial charge is 0.416 e. The van der Waals surface area contributed by atoms with Gasteiger partial charge in [0.2, 0.25) is 17.7 Å². The van der Waals surface area contributed by atoms with Crippen LogP contribution in [0.5, 0.6) is 5.75 Å². The number of hydrogen-bond donors (Lipinski definition) is 7. The largest absolute Gasteiger partial charge is 0.489 e. The van der Waals surface area contributed by atoms with Gasteiger partial charge in [0, 0.05) is 6.54 Å². The predicted molar refractivity (Wildman–Crippen MR) is 183 cm³/mol. The molecule has 3 atom stereocenters. The van der Waals surface area contributed by atoms with E-state index >= 15 is 0 Å². The minimum absolute atomic E-state index is 0.0689. The molecule has 50 heavy (non-hydrogen) atoms. The van der Waals surface area contributed by atoms with Crippen LogP contribution in [0.3, 0.4) is 0 Å². The molecule has 0 aliphatic rings. The van der Waals surface area contributed by atoms with E-state index in [9.17, 15) is 32.3 Å². The molecule has 3 rings (SSSR count). The summed E-state index contributed by atoms with van der Waals surface area (Å²) in [6.45, 7) is 0.477. The Hall–Kier alpha value is -5.16. The number of carbonyl (C=O) groups is 4. The third-order valence-corrected chi connectivity index (χ3v) is 8.21. The topological polar surface area (TPSA) is 230 Å². The minimum Gasteiger partial charge on any atom is -0.489 e. The number of thiophene rings is 1. The average Bonchev–Trinajstić information content (AvgIpc) is 3.62. The molecule has 0 radical (unpaired) electrons. The highest BCUT2D eigenvalue weighted by molar-refractivity contribution is 7.12. The SMILES string of the molecule is NCCCC[C@H](NC(=O)[C@H](CCCN=C(N)N)NC(=O)c1cccs1)C(=O)NC(C(N)=O)c1cccc(OCc2ccc(C(F)(F)F)cc2)c1. The lowest BCUT2D eigenvalue weighted by atomic mass is 10.0. The van der Waals surface area contributed by atoms with Crippen LogP contribution in [-0.2, 0) is 27.2 Å². The second-order valence-corrected chi connectivity index (χ2v) is 12.1. The van der Waals surface area contributed by atoms with E-state index in [-0.39, 0.29) is 43.3 Å². The van der Waals surface area contributed by atoms with Crippen molar-refractivity contribution >= 4 is 40.9 Å². The summed E-state index contributed by atoms with van der Waals surface area (Å²) in [5.74, 6) is -2.57. The summed E-state index contributed by atoms with van der Waals surface area (Å²) < 4.78 is 44.4. The lowest BCUT2D eigenvalue weighted by Crippen LogP contribution is -2.54. The molecule has 1 heterocycles. The van der Waals surface area contributed by atoms with Crippen molar-refractivity contribution in [1.29, 1.82) is 0 Å². The van der Waals surface area contributed by atoms with Crippen LogP contribution in [0.1, 0.15) is 64.5 Å². The lowest BCUT2D eigenvalue weighted by Gasteiger charge is -2.25.